The second-order valence-electron chi connectivity index (χ2n) is 10.7. The molecule has 0 spiro atoms. The van der Waals surface area contributed by atoms with Crippen LogP contribution in [-0.4, -0.2) is 41.2 Å². The van der Waals surface area contributed by atoms with E-state index in [4.69, 9.17) is 9.15 Å². The van der Waals surface area contributed by atoms with E-state index in [0.717, 1.165) is 17.5 Å². The van der Waals surface area contributed by atoms with Gasteiger partial charge in [-0.05, 0) is 61.2 Å². The molecule has 0 fully saturated rings. The summed E-state index contributed by atoms with van der Waals surface area (Å²) in [7, 11) is 1.76. The Hall–Kier alpha value is -3.54. The zero-order valence-electron chi connectivity index (χ0n) is 22.1. The van der Waals surface area contributed by atoms with Crippen molar-refractivity contribution >= 4 is 11.8 Å². The summed E-state index contributed by atoms with van der Waals surface area (Å²) in [5.41, 5.74) is 2.90. The van der Waals surface area contributed by atoms with Crippen LogP contribution in [-0.2, 0) is 17.8 Å². The van der Waals surface area contributed by atoms with E-state index in [9.17, 15) is 9.59 Å². The molecule has 2 heterocycles. The molecule has 1 aliphatic rings. The highest BCUT2D eigenvalue weighted by molar-refractivity contribution is 5.91. The van der Waals surface area contributed by atoms with Crippen molar-refractivity contribution in [3.63, 3.8) is 0 Å². The van der Waals surface area contributed by atoms with Crippen LogP contribution in [0.5, 0.6) is 5.75 Å². The van der Waals surface area contributed by atoms with Crippen molar-refractivity contribution in [3.05, 3.63) is 88.9 Å². The minimum absolute atomic E-state index is 0.0834. The third-order valence-corrected chi connectivity index (χ3v) is 6.71. The van der Waals surface area contributed by atoms with E-state index in [1.54, 1.807) is 24.1 Å². The number of benzene rings is 2. The molecular weight excluding hydrogens is 452 g/mol. The number of hydrogen-bond donors (Lipinski definition) is 0. The molecule has 0 radical (unpaired) electrons. The minimum Gasteiger partial charge on any atom is -0.486 e. The van der Waals surface area contributed by atoms with Gasteiger partial charge < -0.3 is 19.0 Å². The topological polar surface area (TPSA) is 63.0 Å². The van der Waals surface area contributed by atoms with Crippen LogP contribution in [0.3, 0.4) is 0 Å². The van der Waals surface area contributed by atoms with Crippen LogP contribution >= 0.6 is 0 Å². The summed E-state index contributed by atoms with van der Waals surface area (Å²) in [6, 6.07) is 19.6. The predicted molar refractivity (Wildman–Crippen MR) is 140 cm³/mol. The third-order valence-electron chi connectivity index (χ3n) is 6.71. The monoisotopic (exact) mass is 488 g/mol. The minimum atomic E-state index is -0.475. The molecule has 0 N–H and O–H groups in total. The van der Waals surface area contributed by atoms with Crippen LogP contribution in [0.2, 0.25) is 0 Å². The number of rotatable bonds is 6. The molecule has 4 rings (SSSR count). The fraction of sp³-hybridized carbons (Fsp3) is 0.400. The Kier molecular flexibility index (Phi) is 7.25. The highest BCUT2D eigenvalue weighted by atomic mass is 16.5. The molecule has 0 saturated carbocycles. The molecule has 0 saturated heterocycles. The van der Waals surface area contributed by atoms with Gasteiger partial charge in [0.1, 0.15) is 18.1 Å². The molecule has 2 amide bonds. The summed E-state index contributed by atoms with van der Waals surface area (Å²) < 4.78 is 11.8. The SMILES string of the molecule is CC(C)N(C)C(=O)c1ccc(COc2ccc3c(c2)[C@@H](c2ccccc2)N(C(=O)C(C)(C)C)CC3)o1. The van der Waals surface area contributed by atoms with Crippen molar-refractivity contribution in [1.29, 1.82) is 0 Å². The molecule has 3 aromatic rings. The van der Waals surface area contributed by atoms with E-state index in [2.05, 4.69) is 18.2 Å². The highest BCUT2D eigenvalue weighted by Crippen LogP contribution is 2.39. The van der Waals surface area contributed by atoms with Gasteiger partial charge in [-0.3, -0.25) is 9.59 Å². The number of carbonyl (C=O) groups excluding carboxylic acids is 2. The molecule has 0 aliphatic carbocycles. The van der Waals surface area contributed by atoms with Gasteiger partial charge in [-0.15, -0.1) is 0 Å². The second kappa shape index (κ2) is 10.2. The molecule has 6 heteroatoms. The molecule has 0 bridgehead atoms. The van der Waals surface area contributed by atoms with Crippen molar-refractivity contribution in [2.24, 2.45) is 5.41 Å². The first kappa shape index (κ1) is 25.5. The number of fused-ring (bicyclic) bond motifs is 1. The van der Waals surface area contributed by atoms with E-state index in [1.807, 2.05) is 69.9 Å². The van der Waals surface area contributed by atoms with Crippen LogP contribution < -0.4 is 4.74 Å². The summed E-state index contributed by atoms with van der Waals surface area (Å²) >= 11 is 0. The number of carbonyl (C=O) groups is 2. The first-order valence-corrected chi connectivity index (χ1v) is 12.5. The van der Waals surface area contributed by atoms with Crippen molar-refractivity contribution < 1.29 is 18.7 Å². The Morgan fingerprint density at radius 1 is 1.08 bits per heavy atom. The molecule has 0 unspecified atom stereocenters. The first-order chi connectivity index (χ1) is 17.1. The van der Waals surface area contributed by atoms with Gasteiger partial charge >= 0.3 is 0 Å². The summed E-state index contributed by atoms with van der Waals surface area (Å²) in [6.45, 7) is 10.7. The lowest BCUT2D eigenvalue weighted by Gasteiger charge is -2.41. The largest absolute Gasteiger partial charge is 0.486 e. The average molecular weight is 489 g/mol. The van der Waals surface area contributed by atoms with Crippen LogP contribution in [0.1, 0.15) is 73.7 Å². The predicted octanol–water partition coefficient (Wildman–Crippen LogP) is 5.86. The summed E-state index contributed by atoms with van der Waals surface area (Å²) in [5.74, 6) is 1.56. The molecule has 190 valence electrons. The zero-order chi connectivity index (χ0) is 26.0. The maximum atomic E-state index is 13.4. The Morgan fingerprint density at radius 3 is 2.47 bits per heavy atom. The average Bonchev–Trinajstić information content (AvgIpc) is 3.34. The van der Waals surface area contributed by atoms with E-state index in [-0.39, 0.29) is 30.5 Å². The van der Waals surface area contributed by atoms with Gasteiger partial charge in [-0.25, -0.2) is 0 Å². The lowest BCUT2D eigenvalue weighted by Crippen LogP contribution is -2.45. The van der Waals surface area contributed by atoms with Gasteiger partial charge in [0.05, 0.1) is 6.04 Å². The van der Waals surface area contributed by atoms with Crippen molar-refractivity contribution in [2.75, 3.05) is 13.6 Å². The standard InChI is InChI=1S/C30H36N2O4/c1-20(2)31(6)28(33)26-15-14-24(36-26)19-35-23-13-12-21-16-17-32(29(34)30(3,4)5)27(25(21)18-23)22-10-8-7-9-11-22/h7-15,18,20,27H,16-17,19H2,1-6H3/t27-/m1/s1. The third kappa shape index (κ3) is 5.32. The quantitative estimate of drug-likeness (QED) is 0.436. The van der Waals surface area contributed by atoms with Gasteiger partial charge in [-0.2, -0.15) is 0 Å². The van der Waals surface area contributed by atoms with Gasteiger partial charge in [0.25, 0.3) is 5.91 Å². The number of nitrogens with zero attached hydrogens (tertiary/aromatic N) is 2. The van der Waals surface area contributed by atoms with Crippen LogP contribution in [0.25, 0.3) is 0 Å². The smallest absolute Gasteiger partial charge is 0.289 e. The molecule has 1 atom stereocenters. The second-order valence-corrected chi connectivity index (χ2v) is 10.7. The molecular formula is C30H36N2O4. The number of ether oxygens (including phenoxy) is 1. The fourth-order valence-electron chi connectivity index (χ4n) is 4.46. The van der Waals surface area contributed by atoms with Crippen molar-refractivity contribution in [1.82, 2.24) is 9.80 Å². The summed E-state index contributed by atoms with van der Waals surface area (Å²) in [4.78, 5) is 29.6. The van der Waals surface area contributed by atoms with Gasteiger partial charge in [0.2, 0.25) is 5.91 Å². The fourth-order valence-corrected chi connectivity index (χ4v) is 4.46. The maximum Gasteiger partial charge on any atom is 0.289 e. The maximum absolute atomic E-state index is 13.4. The number of amides is 2. The van der Waals surface area contributed by atoms with Gasteiger partial charge in [-0.1, -0.05) is 57.2 Å². The van der Waals surface area contributed by atoms with E-state index in [0.29, 0.717) is 23.8 Å². The van der Waals surface area contributed by atoms with E-state index < -0.39 is 5.41 Å². The lowest BCUT2D eigenvalue weighted by atomic mass is 9.85. The van der Waals surface area contributed by atoms with Crippen LogP contribution in [0, 0.1) is 5.41 Å². The van der Waals surface area contributed by atoms with Crippen LogP contribution in [0.15, 0.2) is 65.1 Å². The van der Waals surface area contributed by atoms with Gasteiger partial charge in [0.15, 0.2) is 5.76 Å². The number of hydrogen-bond acceptors (Lipinski definition) is 4. The zero-order valence-corrected chi connectivity index (χ0v) is 22.1. The molecule has 36 heavy (non-hydrogen) atoms. The number of furan rings is 1. The van der Waals surface area contributed by atoms with E-state index in [1.165, 1.54) is 5.56 Å². The molecule has 1 aliphatic heterocycles. The normalized spacial score (nSPS) is 15.5. The van der Waals surface area contributed by atoms with Crippen LogP contribution in [0.4, 0.5) is 0 Å². The first-order valence-electron chi connectivity index (χ1n) is 12.5. The highest BCUT2D eigenvalue weighted by Gasteiger charge is 2.37. The Balaban J connectivity index is 1.58. The van der Waals surface area contributed by atoms with E-state index >= 15 is 0 Å². The van der Waals surface area contributed by atoms with Crippen molar-refractivity contribution in [3.8, 4) is 5.75 Å². The Bertz CT molecular complexity index is 1220. The lowest BCUT2D eigenvalue weighted by molar-refractivity contribution is -0.141. The Labute approximate surface area is 213 Å². The van der Waals surface area contributed by atoms with Gasteiger partial charge in [0, 0.05) is 25.0 Å². The van der Waals surface area contributed by atoms with Crippen molar-refractivity contribution in [2.45, 2.75) is 59.7 Å². The Morgan fingerprint density at radius 2 is 1.81 bits per heavy atom. The summed E-state index contributed by atoms with van der Waals surface area (Å²) in [5, 5.41) is 0. The molecule has 6 nitrogen and oxygen atoms in total. The summed E-state index contributed by atoms with van der Waals surface area (Å²) in [6.07, 6.45) is 0.799. The molecule has 1 aromatic heterocycles. The molecule has 2 aromatic carbocycles.